The van der Waals surface area contributed by atoms with E-state index in [4.69, 9.17) is 9.15 Å². The van der Waals surface area contributed by atoms with E-state index in [0.717, 1.165) is 5.70 Å². The van der Waals surface area contributed by atoms with Crippen molar-refractivity contribution in [3.63, 3.8) is 0 Å². The molecule has 0 unspecified atom stereocenters. The first-order valence-electron chi connectivity index (χ1n) is 4.94. The fourth-order valence-corrected chi connectivity index (χ4v) is 1.04. The minimum absolute atomic E-state index is 0.150. The Bertz CT molecular complexity index is 366. The van der Waals surface area contributed by atoms with Gasteiger partial charge in [0.25, 0.3) is 0 Å². The number of hydrogen-bond donors (Lipinski definition) is 1. The van der Waals surface area contributed by atoms with Gasteiger partial charge in [-0.05, 0) is 19.1 Å². The Kier molecular flexibility index (Phi) is 4.92. The number of carbonyl (C=O) groups is 1. The first-order chi connectivity index (χ1) is 7.72. The van der Waals surface area contributed by atoms with Gasteiger partial charge in [-0.3, -0.25) is 0 Å². The van der Waals surface area contributed by atoms with E-state index in [2.05, 4.69) is 11.9 Å². The summed E-state index contributed by atoms with van der Waals surface area (Å²) in [5, 5.41) is 2.98. The van der Waals surface area contributed by atoms with Crippen LogP contribution in [-0.4, -0.2) is 12.5 Å². The highest BCUT2D eigenvalue weighted by Gasteiger charge is 2.01. The molecule has 0 aliphatic carbocycles. The molecule has 0 atom stereocenters. The summed E-state index contributed by atoms with van der Waals surface area (Å²) in [5.74, 6) is 0.226. The number of nitrogens with one attached hydrogen (secondary N) is 1. The highest BCUT2D eigenvalue weighted by molar-refractivity contribution is 5.82. The Morgan fingerprint density at radius 3 is 3.12 bits per heavy atom. The molecule has 0 amide bonds. The smallest absolute Gasteiger partial charge is 0.332 e. The van der Waals surface area contributed by atoms with E-state index in [1.165, 1.54) is 12.3 Å². The summed E-state index contributed by atoms with van der Waals surface area (Å²) in [7, 11) is 0. The van der Waals surface area contributed by atoms with Gasteiger partial charge in [-0.25, -0.2) is 4.79 Å². The number of rotatable bonds is 6. The fraction of sp³-hybridized carbons (Fsp3) is 0.250. The molecule has 1 aromatic heterocycles. The Hall–Kier alpha value is -1.97. The van der Waals surface area contributed by atoms with Crippen LogP contribution < -0.4 is 5.32 Å². The van der Waals surface area contributed by atoms with Crippen molar-refractivity contribution in [2.24, 2.45) is 0 Å². The number of ether oxygens (including phenoxy) is 1. The average Bonchev–Trinajstić information content (AvgIpc) is 2.76. The van der Waals surface area contributed by atoms with E-state index < -0.39 is 5.97 Å². The van der Waals surface area contributed by atoms with E-state index in [-0.39, 0.29) is 6.61 Å². The second-order valence-electron chi connectivity index (χ2n) is 3.18. The summed E-state index contributed by atoms with van der Waals surface area (Å²) < 4.78 is 9.99. The Morgan fingerprint density at radius 2 is 2.50 bits per heavy atom. The fourth-order valence-electron chi connectivity index (χ4n) is 1.04. The molecule has 1 rings (SSSR count). The third-order valence-corrected chi connectivity index (χ3v) is 1.80. The average molecular weight is 221 g/mol. The van der Waals surface area contributed by atoms with Crippen molar-refractivity contribution >= 4 is 5.97 Å². The van der Waals surface area contributed by atoms with Gasteiger partial charge in [0.15, 0.2) is 0 Å². The molecule has 0 saturated carbocycles. The largest absolute Gasteiger partial charge is 0.466 e. The molecular weight excluding hydrogens is 206 g/mol. The van der Waals surface area contributed by atoms with Gasteiger partial charge in [0.05, 0.1) is 6.26 Å². The normalized spacial score (nSPS) is 10.9. The molecular formula is C12H15NO3. The molecule has 4 nitrogen and oxygen atoms in total. The van der Waals surface area contributed by atoms with Gasteiger partial charge in [-0.2, -0.15) is 0 Å². The van der Waals surface area contributed by atoms with Crippen molar-refractivity contribution in [2.45, 2.75) is 13.5 Å². The second kappa shape index (κ2) is 6.50. The van der Waals surface area contributed by atoms with Gasteiger partial charge in [-0.15, -0.1) is 6.58 Å². The maximum atomic E-state index is 11.3. The minimum Gasteiger partial charge on any atom is -0.466 e. The summed E-state index contributed by atoms with van der Waals surface area (Å²) in [6.45, 7) is 6.12. The van der Waals surface area contributed by atoms with Crippen molar-refractivity contribution in [3.8, 4) is 0 Å². The summed E-state index contributed by atoms with van der Waals surface area (Å²) in [4.78, 5) is 11.3. The first-order valence-corrected chi connectivity index (χ1v) is 4.94. The molecule has 4 heteroatoms. The van der Waals surface area contributed by atoms with Gasteiger partial charge in [0.2, 0.25) is 0 Å². The van der Waals surface area contributed by atoms with Gasteiger partial charge in [0.1, 0.15) is 12.4 Å². The van der Waals surface area contributed by atoms with E-state index in [1.54, 1.807) is 25.1 Å². The van der Waals surface area contributed by atoms with Crippen LogP contribution in [0.1, 0.15) is 12.7 Å². The van der Waals surface area contributed by atoms with E-state index in [1.807, 2.05) is 0 Å². The lowest BCUT2D eigenvalue weighted by molar-refractivity contribution is -0.139. The maximum Gasteiger partial charge on any atom is 0.332 e. The summed E-state index contributed by atoms with van der Waals surface area (Å²) in [6, 6.07) is 3.50. The van der Waals surface area contributed by atoms with Crippen molar-refractivity contribution < 1.29 is 13.9 Å². The number of hydrogen-bond acceptors (Lipinski definition) is 4. The van der Waals surface area contributed by atoms with Crippen LogP contribution in [0.2, 0.25) is 0 Å². The lowest BCUT2D eigenvalue weighted by atomic mass is 10.4. The summed E-state index contributed by atoms with van der Waals surface area (Å²) >= 11 is 0. The molecule has 0 saturated heterocycles. The van der Waals surface area contributed by atoms with E-state index >= 15 is 0 Å². The molecule has 0 radical (unpaired) electrons. The van der Waals surface area contributed by atoms with Gasteiger partial charge >= 0.3 is 5.97 Å². The molecule has 1 heterocycles. The Morgan fingerprint density at radius 1 is 1.69 bits per heavy atom. The predicted octanol–water partition coefficient (Wildman–Crippen LogP) is 2.00. The Labute approximate surface area is 94.6 Å². The SMILES string of the molecule is C=CCN/C(C)=C\C(=O)OCc1ccco1. The zero-order valence-electron chi connectivity index (χ0n) is 9.23. The number of furan rings is 1. The summed E-state index contributed by atoms with van der Waals surface area (Å²) in [5.41, 5.74) is 0.740. The molecule has 0 bridgehead atoms. The molecule has 0 fully saturated rings. The summed E-state index contributed by atoms with van der Waals surface area (Å²) in [6.07, 6.45) is 4.65. The van der Waals surface area contributed by atoms with Crippen molar-refractivity contribution in [1.82, 2.24) is 5.32 Å². The van der Waals surface area contributed by atoms with Gasteiger partial charge in [0, 0.05) is 18.3 Å². The quantitative estimate of drug-likeness (QED) is 0.453. The molecule has 0 aromatic carbocycles. The third kappa shape index (κ3) is 4.50. The zero-order valence-corrected chi connectivity index (χ0v) is 9.23. The maximum absolute atomic E-state index is 11.3. The molecule has 0 spiro atoms. The predicted molar refractivity (Wildman–Crippen MR) is 60.5 cm³/mol. The molecule has 16 heavy (non-hydrogen) atoms. The number of carbonyl (C=O) groups excluding carboxylic acids is 1. The van der Waals surface area contributed by atoms with Crippen LogP contribution in [0.15, 0.2) is 47.2 Å². The monoisotopic (exact) mass is 221 g/mol. The van der Waals surface area contributed by atoms with Crippen LogP contribution in [0.25, 0.3) is 0 Å². The van der Waals surface area contributed by atoms with Crippen LogP contribution in [0.4, 0.5) is 0 Å². The van der Waals surface area contributed by atoms with Crippen molar-refractivity contribution in [1.29, 1.82) is 0 Å². The molecule has 86 valence electrons. The van der Waals surface area contributed by atoms with Gasteiger partial charge < -0.3 is 14.5 Å². The molecule has 0 aliphatic heterocycles. The lowest BCUT2D eigenvalue weighted by Crippen LogP contribution is -2.12. The van der Waals surface area contributed by atoms with E-state index in [9.17, 15) is 4.79 Å². The Balaban J connectivity index is 2.32. The van der Waals surface area contributed by atoms with Gasteiger partial charge in [-0.1, -0.05) is 6.08 Å². The van der Waals surface area contributed by atoms with Crippen LogP contribution in [-0.2, 0) is 16.1 Å². The van der Waals surface area contributed by atoms with Crippen LogP contribution in [0.5, 0.6) is 0 Å². The first kappa shape index (κ1) is 12.1. The molecule has 1 aromatic rings. The van der Waals surface area contributed by atoms with Crippen molar-refractivity contribution in [3.05, 3.63) is 48.6 Å². The third-order valence-electron chi connectivity index (χ3n) is 1.80. The zero-order chi connectivity index (χ0) is 11.8. The molecule has 1 N–H and O–H groups in total. The number of esters is 1. The van der Waals surface area contributed by atoms with Crippen LogP contribution >= 0.6 is 0 Å². The van der Waals surface area contributed by atoms with Crippen LogP contribution in [0.3, 0.4) is 0 Å². The second-order valence-corrected chi connectivity index (χ2v) is 3.18. The van der Waals surface area contributed by atoms with Crippen LogP contribution in [0, 0.1) is 0 Å². The minimum atomic E-state index is -0.398. The lowest BCUT2D eigenvalue weighted by Gasteiger charge is -2.03. The number of allylic oxidation sites excluding steroid dienone is 1. The topological polar surface area (TPSA) is 51.5 Å². The highest BCUT2D eigenvalue weighted by atomic mass is 16.5. The van der Waals surface area contributed by atoms with E-state index in [0.29, 0.717) is 12.3 Å². The standard InChI is InChI=1S/C12H15NO3/c1-3-6-13-10(2)8-12(14)16-9-11-5-4-7-15-11/h3-5,7-8,13H,1,6,9H2,2H3/b10-8-. The highest BCUT2D eigenvalue weighted by Crippen LogP contribution is 2.02. The van der Waals surface area contributed by atoms with Crippen molar-refractivity contribution in [2.75, 3.05) is 6.54 Å². The molecule has 0 aliphatic rings.